The largest absolute Gasteiger partial charge is 0.384 e. The molecule has 90 valence electrons. The van der Waals surface area contributed by atoms with Crippen molar-refractivity contribution in [3.8, 4) is 6.07 Å². The van der Waals surface area contributed by atoms with Gasteiger partial charge in [-0.3, -0.25) is 4.98 Å². The third-order valence-corrected chi connectivity index (χ3v) is 3.05. The van der Waals surface area contributed by atoms with Crippen molar-refractivity contribution in [1.82, 2.24) is 4.98 Å². The molecule has 18 heavy (non-hydrogen) atoms. The van der Waals surface area contributed by atoms with E-state index in [1.165, 1.54) is 5.56 Å². The van der Waals surface area contributed by atoms with E-state index in [9.17, 15) is 0 Å². The first-order valence-electron chi connectivity index (χ1n) is 5.62. The molecular formula is C14H12BrN3. The minimum atomic E-state index is 0.657. The van der Waals surface area contributed by atoms with Crippen LogP contribution in [0.4, 0.5) is 5.69 Å². The van der Waals surface area contributed by atoms with Gasteiger partial charge in [-0.25, -0.2) is 0 Å². The molecule has 0 aliphatic heterocycles. The molecule has 0 saturated carbocycles. The first-order valence-corrected chi connectivity index (χ1v) is 6.41. The monoisotopic (exact) mass is 301 g/mol. The molecular weight excluding hydrogens is 290 g/mol. The summed E-state index contributed by atoms with van der Waals surface area (Å²) in [4.78, 5) is 4.07. The van der Waals surface area contributed by atoms with E-state index in [0.717, 1.165) is 23.1 Å². The van der Waals surface area contributed by atoms with Gasteiger partial charge in [0.1, 0.15) is 6.07 Å². The van der Waals surface area contributed by atoms with Crippen LogP contribution in [0.3, 0.4) is 0 Å². The molecule has 1 N–H and O–H groups in total. The summed E-state index contributed by atoms with van der Waals surface area (Å²) in [6, 6.07) is 11.7. The van der Waals surface area contributed by atoms with Gasteiger partial charge in [0, 0.05) is 23.4 Å². The Hall–Kier alpha value is -1.86. The molecule has 2 rings (SSSR count). The molecule has 3 nitrogen and oxygen atoms in total. The number of anilines is 1. The number of pyridine rings is 1. The Labute approximate surface area is 115 Å². The van der Waals surface area contributed by atoms with Crippen molar-refractivity contribution in [2.24, 2.45) is 0 Å². The molecule has 0 aliphatic rings. The smallest absolute Gasteiger partial charge is 0.101 e. The van der Waals surface area contributed by atoms with Crippen LogP contribution in [0.25, 0.3) is 0 Å². The van der Waals surface area contributed by atoms with Crippen LogP contribution in [0.15, 0.2) is 47.2 Å². The van der Waals surface area contributed by atoms with Crippen LogP contribution in [0.2, 0.25) is 0 Å². The summed E-state index contributed by atoms with van der Waals surface area (Å²) in [6.07, 6.45) is 4.50. The molecule has 0 bridgehead atoms. The molecule has 0 radical (unpaired) electrons. The Morgan fingerprint density at radius 2 is 2.22 bits per heavy atom. The van der Waals surface area contributed by atoms with Gasteiger partial charge in [-0.05, 0) is 36.2 Å². The fraction of sp³-hybridized carbons (Fsp3) is 0.143. The lowest BCUT2D eigenvalue weighted by Crippen LogP contribution is -2.06. The fourth-order valence-electron chi connectivity index (χ4n) is 1.65. The number of hydrogen-bond acceptors (Lipinski definition) is 3. The quantitative estimate of drug-likeness (QED) is 0.942. The molecule has 1 aromatic heterocycles. The lowest BCUT2D eigenvalue weighted by atomic mass is 10.1. The summed E-state index contributed by atoms with van der Waals surface area (Å²) < 4.78 is 0.963. The number of benzene rings is 1. The third kappa shape index (κ3) is 3.31. The summed E-state index contributed by atoms with van der Waals surface area (Å²) in [5, 5.41) is 12.3. The number of halogens is 1. The maximum absolute atomic E-state index is 9.01. The highest BCUT2D eigenvalue weighted by Crippen LogP contribution is 2.20. The zero-order chi connectivity index (χ0) is 12.8. The van der Waals surface area contributed by atoms with Crippen molar-refractivity contribution in [2.75, 3.05) is 11.9 Å². The van der Waals surface area contributed by atoms with Gasteiger partial charge in [0.15, 0.2) is 0 Å². The molecule has 0 amide bonds. The lowest BCUT2D eigenvalue weighted by molar-refractivity contribution is 1.00. The third-order valence-electron chi connectivity index (χ3n) is 2.55. The highest BCUT2D eigenvalue weighted by Gasteiger charge is 2.02. The molecule has 2 aromatic rings. The van der Waals surface area contributed by atoms with Crippen LogP contribution in [-0.2, 0) is 6.42 Å². The fourth-order valence-corrected chi connectivity index (χ4v) is 2.01. The average Bonchev–Trinajstić information content (AvgIpc) is 2.40. The van der Waals surface area contributed by atoms with E-state index < -0.39 is 0 Å². The number of nitrogens with one attached hydrogen (secondary N) is 1. The summed E-state index contributed by atoms with van der Waals surface area (Å²) in [6.45, 7) is 0.775. The standard InChI is InChI=1S/C14H12BrN3/c15-13-4-3-12(9-16)14(8-13)18-7-5-11-2-1-6-17-10-11/h1-4,6,8,10,18H,5,7H2. The van der Waals surface area contributed by atoms with Crippen molar-refractivity contribution in [3.05, 3.63) is 58.3 Å². The number of nitriles is 1. The van der Waals surface area contributed by atoms with E-state index >= 15 is 0 Å². The molecule has 4 heteroatoms. The molecule has 0 spiro atoms. The molecule has 0 saturated heterocycles. The number of rotatable bonds is 4. The Morgan fingerprint density at radius 3 is 2.94 bits per heavy atom. The number of hydrogen-bond donors (Lipinski definition) is 1. The van der Waals surface area contributed by atoms with Crippen LogP contribution in [-0.4, -0.2) is 11.5 Å². The minimum absolute atomic E-state index is 0.657. The average molecular weight is 302 g/mol. The van der Waals surface area contributed by atoms with Crippen LogP contribution in [0.1, 0.15) is 11.1 Å². The van der Waals surface area contributed by atoms with Crippen molar-refractivity contribution in [2.45, 2.75) is 6.42 Å². The summed E-state index contributed by atoms with van der Waals surface area (Å²) in [5.74, 6) is 0. The maximum atomic E-state index is 9.01. The predicted octanol–water partition coefficient (Wildman–Crippen LogP) is 3.37. The summed E-state index contributed by atoms with van der Waals surface area (Å²) in [7, 11) is 0. The topological polar surface area (TPSA) is 48.7 Å². The van der Waals surface area contributed by atoms with Crippen molar-refractivity contribution >= 4 is 21.6 Å². The normalized spacial score (nSPS) is 9.78. The lowest BCUT2D eigenvalue weighted by Gasteiger charge is -2.08. The van der Waals surface area contributed by atoms with E-state index in [1.807, 2.05) is 30.5 Å². The minimum Gasteiger partial charge on any atom is -0.384 e. The summed E-state index contributed by atoms with van der Waals surface area (Å²) >= 11 is 3.40. The molecule has 0 aliphatic carbocycles. The Bertz CT molecular complexity index is 561. The second-order valence-electron chi connectivity index (χ2n) is 3.84. The molecule has 1 aromatic carbocycles. The molecule has 1 heterocycles. The van der Waals surface area contributed by atoms with Gasteiger partial charge in [0.05, 0.1) is 11.3 Å². The number of nitrogens with zero attached hydrogens (tertiary/aromatic N) is 2. The van der Waals surface area contributed by atoms with Gasteiger partial charge in [0.25, 0.3) is 0 Å². The van der Waals surface area contributed by atoms with Crippen LogP contribution < -0.4 is 5.32 Å². The van der Waals surface area contributed by atoms with E-state index in [0.29, 0.717) is 5.56 Å². The second-order valence-corrected chi connectivity index (χ2v) is 4.76. The molecule has 0 fully saturated rings. The van der Waals surface area contributed by atoms with Crippen molar-refractivity contribution < 1.29 is 0 Å². The Kier molecular flexibility index (Phi) is 4.32. The van der Waals surface area contributed by atoms with Crippen LogP contribution in [0.5, 0.6) is 0 Å². The summed E-state index contributed by atoms with van der Waals surface area (Å²) in [5.41, 5.74) is 2.69. The molecule has 0 atom stereocenters. The first kappa shape index (κ1) is 12.6. The first-order chi connectivity index (χ1) is 8.79. The van der Waals surface area contributed by atoms with E-state index in [2.05, 4.69) is 32.3 Å². The Balaban J connectivity index is 1.98. The van der Waals surface area contributed by atoms with Crippen molar-refractivity contribution in [1.29, 1.82) is 5.26 Å². The SMILES string of the molecule is N#Cc1ccc(Br)cc1NCCc1cccnc1. The number of aromatic nitrogens is 1. The predicted molar refractivity (Wildman–Crippen MR) is 75.3 cm³/mol. The van der Waals surface area contributed by atoms with Gasteiger partial charge in [-0.1, -0.05) is 22.0 Å². The van der Waals surface area contributed by atoms with Crippen molar-refractivity contribution in [3.63, 3.8) is 0 Å². The van der Waals surface area contributed by atoms with Gasteiger partial charge in [-0.15, -0.1) is 0 Å². The Morgan fingerprint density at radius 1 is 1.33 bits per heavy atom. The zero-order valence-corrected chi connectivity index (χ0v) is 11.3. The van der Waals surface area contributed by atoms with Gasteiger partial charge >= 0.3 is 0 Å². The van der Waals surface area contributed by atoms with Gasteiger partial charge in [0.2, 0.25) is 0 Å². The second kappa shape index (κ2) is 6.18. The molecule has 0 unspecified atom stereocenters. The highest BCUT2D eigenvalue weighted by atomic mass is 79.9. The van der Waals surface area contributed by atoms with E-state index in [1.54, 1.807) is 12.3 Å². The van der Waals surface area contributed by atoms with Crippen LogP contribution in [0, 0.1) is 11.3 Å². The zero-order valence-electron chi connectivity index (χ0n) is 9.73. The maximum Gasteiger partial charge on any atom is 0.101 e. The van der Waals surface area contributed by atoms with Gasteiger partial charge in [-0.2, -0.15) is 5.26 Å². The van der Waals surface area contributed by atoms with Gasteiger partial charge < -0.3 is 5.32 Å². The van der Waals surface area contributed by atoms with Crippen LogP contribution >= 0.6 is 15.9 Å². The van der Waals surface area contributed by atoms with E-state index in [4.69, 9.17) is 5.26 Å². The highest BCUT2D eigenvalue weighted by molar-refractivity contribution is 9.10. The van der Waals surface area contributed by atoms with E-state index in [-0.39, 0.29) is 0 Å².